The summed E-state index contributed by atoms with van der Waals surface area (Å²) in [6, 6.07) is 8.88. The van der Waals surface area contributed by atoms with Gasteiger partial charge >= 0.3 is 0 Å². The van der Waals surface area contributed by atoms with E-state index in [-0.39, 0.29) is 0 Å². The minimum atomic E-state index is 0.884. The highest BCUT2D eigenvalue weighted by Gasteiger charge is 2.16. The van der Waals surface area contributed by atoms with Crippen LogP contribution in [0.3, 0.4) is 0 Å². The molecule has 0 N–H and O–H groups in total. The number of hydrogen-bond acceptors (Lipinski definition) is 1. The average molecular weight is 301 g/mol. The van der Waals surface area contributed by atoms with Crippen molar-refractivity contribution in [1.82, 2.24) is 0 Å². The summed E-state index contributed by atoms with van der Waals surface area (Å²) in [4.78, 5) is 2.49. The first-order valence-electron chi connectivity index (χ1n) is 5.21. The molecule has 0 bridgehead atoms. The molecule has 1 saturated heterocycles. The second kappa shape index (κ2) is 4.51. The van der Waals surface area contributed by atoms with Crippen molar-refractivity contribution in [2.24, 2.45) is 0 Å². The summed E-state index contributed by atoms with van der Waals surface area (Å²) >= 11 is 2.56. The van der Waals surface area contributed by atoms with Crippen molar-refractivity contribution < 1.29 is 0 Å². The Balaban J connectivity index is 2.05. The zero-order chi connectivity index (χ0) is 9.97. The molecule has 0 amide bonds. The first-order valence-corrected chi connectivity index (χ1v) is 6.46. The monoisotopic (exact) mass is 301 g/mol. The summed E-state index contributed by atoms with van der Waals surface area (Å²) < 4.78 is 0.884. The highest BCUT2D eigenvalue weighted by molar-refractivity contribution is 14.1. The van der Waals surface area contributed by atoms with Crippen molar-refractivity contribution in [3.8, 4) is 0 Å². The SMILES string of the molecule is Cc1ccc(N2CCC(I)CC2)cc1. The van der Waals surface area contributed by atoms with Crippen molar-refractivity contribution in [3.05, 3.63) is 29.8 Å². The number of alkyl halides is 1. The molecule has 0 saturated carbocycles. The van der Waals surface area contributed by atoms with Gasteiger partial charge in [-0.1, -0.05) is 40.3 Å². The van der Waals surface area contributed by atoms with Crippen LogP contribution in [0.25, 0.3) is 0 Å². The van der Waals surface area contributed by atoms with Gasteiger partial charge in [0.1, 0.15) is 0 Å². The molecule has 1 aromatic rings. The Labute approximate surface area is 99.6 Å². The van der Waals surface area contributed by atoms with Gasteiger partial charge in [0.05, 0.1) is 0 Å². The van der Waals surface area contributed by atoms with Gasteiger partial charge < -0.3 is 4.90 Å². The van der Waals surface area contributed by atoms with Crippen LogP contribution in [-0.2, 0) is 0 Å². The molecule has 0 aromatic heterocycles. The standard InChI is InChI=1S/C12H16IN/c1-10-2-4-12(5-3-10)14-8-6-11(13)7-9-14/h2-5,11H,6-9H2,1H3. The molecule has 14 heavy (non-hydrogen) atoms. The molecule has 0 atom stereocenters. The molecule has 1 fully saturated rings. The smallest absolute Gasteiger partial charge is 0.0366 e. The van der Waals surface area contributed by atoms with Crippen molar-refractivity contribution in [3.63, 3.8) is 0 Å². The molecule has 0 radical (unpaired) electrons. The van der Waals surface area contributed by atoms with Crippen LogP contribution in [0.5, 0.6) is 0 Å². The van der Waals surface area contributed by atoms with Gasteiger partial charge in [-0.15, -0.1) is 0 Å². The third-order valence-electron chi connectivity index (χ3n) is 2.82. The lowest BCUT2D eigenvalue weighted by atomic mass is 10.1. The number of nitrogens with zero attached hydrogens (tertiary/aromatic N) is 1. The quantitative estimate of drug-likeness (QED) is 0.567. The molecular formula is C12H16IN. The van der Waals surface area contributed by atoms with Gasteiger partial charge in [-0.25, -0.2) is 0 Å². The maximum absolute atomic E-state index is 2.56. The maximum atomic E-state index is 2.56. The van der Waals surface area contributed by atoms with E-state index in [4.69, 9.17) is 0 Å². The summed E-state index contributed by atoms with van der Waals surface area (Å²) in [5.41, 5.74) is 2.73. The topological polar surface area (TPSA) is 3.24 Å². The van der Waals surface area contributed by atoms with E-state index >= 15 is 0 Å². The predicted octanol–water partition coefficient (Wildman–Crippen LogP) is 3.40. The average Bonchev–Trinajstić information content (AvgIpc) is 2.21. The zero-order valence-corrected chi connectivity index (χ0v) is 10.7. The first-order chi connectivity index (χ1) is 6.75. The Kier molecular flexibility index (Phi) is 3.31. The number of rotatable bonds is 1. The van der Waals surface area contributed by atoms with Crippen molar-refractivity contribution >= 4 is 28.3 Å². The minimum Gasteiger partial charge on any atom is -0.371 e. The van der Waals surface area contributed by atoms with E-state index in [1.165, 1.54) is 37.2 Å². The third kappa shape index (κ3) is 2.41. The molecule has 0 spiro atoms. The predicted molar refractivity (Wildman–Crippen MR) is 70.4 cm³/mol. The van der Waals surface area contributed by atoms with Crippen LogP contribution in [0.4, 0.5) is 5.69 Å². The molecule has 1 aromatic carbocycles. The fourth-order valence-corrected chi connectivity index (χ4v) is 2.42. The van der Waals surface area contributed by atoms with E-state index in [1.807, 2.05) is 0 Å². The second-order valence-corrected chi connectivity index (χ2v) is 5.76. The highest BCUT2D eigenvalue weighted by atomic mass is 127. The minimum absolute atomic E-state index is 0.884. The Morgan fingerprint density at radius 1 is 1.14 bits per heavy atom. The summed E-state index contributed by atoms with van der Waals surface area (Å²) in [5, 5.41) is 0. The summed E-state index contributed by atoms with van der Waals surface area (Å²) in [6.07, 6.45) is 2.66. The van der Waals surface area contributed by atoms with Gasteiger partial charge in [0.15, 0.2) is 0 Å². The van der Waals surface area contributed by atoms with Gasteiger partial charge in [0.2, 0.25) is 0 Å². The first kappa shape index (κ1) is 10.3. The molecule has 1 aliphatic heterocycles. The number of benzene rings is 1. The van der Waals surface area contributed by atoms with E-state index < -0.39 is 0 Å². The molecule has 0 aliphatic carbocycles. The van der Waals surface area contributed by atoms with Gasteiger partial charge in [-0.05, 0) is 31.9 Å². The lowest BCUT2D eigenvalue weighted by Crippen LogP contribution is -2.33. The van der Waals surface area contributed by atoms with E-state index in [9.17, 15) is 0 Å². The lowest BCUT2D eigenvalue weighted by Gasteiger charge is -2.31. The van der Waals surface area contributed by atoms with Gasteiger partial charge in [0.25, 0.3) is 0 Å². The van der Waals surface area contributed by atoms with E-state index in [0.717, 1.165) is 3.92 Å². The lowest BCUT2D eigenvalue weighted by molar-refractivity contribution is 0.605. The van der Waals surface area contributed by atoms with Crippen LogP contribution in [0, 0.1) is 6.92 Å². The Morgan fingerprint density at radius 2 is 1.71 bits per heavy atom. The third-order valence-corrected chi connectivity index (χ3v) is 4.07. The normalized spacial score (nSPS) is 18.6. The fraction of sp³-hybridized carbons (Fsp3) is 0.500. The zero-order valence-electron chi connectivity index (χ0n) is 8.54. The van der Waals surface area contributed by atoms with Crippen LogP contribution >= 0.6 is 22.6 Å². The number of hydrogen-bond donors (Lipinski definition) is 0. The van der Waals surface area contributed by atoms with E-state index in [2.05, 4.69) is 58.7 Å². The van der Waals surface area contributed by atoms with Crippen LogP contribution in [0.15, 0.2) is 24.3 Å². The molecule has 2 heteroatoms. The molecule has 1 nitrogen and oxygen atoms in total. The highest BCUT2D eigenvalue weighted by Crippen LogP contribution is 2.23. The summed E-state index contributed by atoms with van der Waals surface area (Å²) in [6.45, 7) is 4.58. The van der Waals surface area contributed by atoms with Crippen molar-refractivity contribution in [2.45, 2.75) is 23.7 Å². The molecule has 0 unspecified atom stereocenters. The Hall–Kier alpha value is -0.250. The molecule has 2 rings (SSSR count). The van der Waals surface area contributed by atoms with Gasteiger partial charge in [0, 0.05) is 22.7 Å². The number of aryl methyl sites for hydroxylation is 1. The largest absolute Gasteiger partial charge is 0.371 e. The van der Waals surface area contributed by atoms with Crippen molar-refractivity contribution in [1.29, 1.82) is 0 Å². The Morgan fingerprint density at radius 3 is 2.29 bits per heavy atom. The molecular weight excluding hydrogens is 285 g/mol. The van der Waals surface area contributed by atoms with Crippen LogP contribution in [-0.4, -0.2) is 17.0 Å². The molecule has 76 valence electrons. The molecule has 1 aliphatic rings. The van der Waals surface area contributed by atoms with Gasteiger partial charge in [-0.2, -0.15) is 0 Å². The van der Waals surface area contributed by atoms with Crippen LogP contribution in [0.1, 0.15) is 18.4 Å². The van der Waals surface area contributed by atoms with Crippen LogP contribution < -0.4 is 4.90 Å². The maximum Gasteiger partial charge on any atom is 0.0366 e. The van der Waals surface area contributed by atoms with E-state index in [1.54, 1.807) is 0 Å². The summed E-state index contributed by atoms with van der Waals surface area (Å²) in [5.74, 6) is 0. The Bertz CT molecular complexity index is 286. The van der Waals surface area contributed by atoms with Crippen LogP contribution in [0.2, 0.25) is 0 Å². The van der Waals surface area contributed by atoms with Gasteiger partial charge in [-0.3, -0.25) is 0 Å². The number of halogens is 1. The second-order valence-electron chi connectivity index (χ2n) is 4.00. The van der Waals surface area contributed by atoms with E-state index in [0.29, 0.717) is 0 Å². The fourth-order valence-electron chi connectivity index (χ4n) is 1.86. The number of anilines is 1. The number of piperidine rings is 1. The molecule has 1 heterocycles. The summed E-state index contributed by atoms with van der Waals surface area (Å²) in [7, 11) is 0. The van der Waals surface area contributed by atoms with Crippen molar-refractivity contribution in [2.75, 3.05) is 18.0 Å².